The van der Waals surface area contributed by atoms with Crippen molar-refractivity contribution < 1.29 is 28.9 Å². The van der Waals surface area contributed by atoms with Crippen LogP contribution in [0.3, 0.4) is 0 Å². The normalized spacial score (nSPS) is 23.2. The molecule has 2 saturated heterocycles. The van der Waals surface area contributed by atoms with Gasteiger partial charge in [0, 0.05) is 57.5 Å². The molecule has 0 aromatic heterocycles. The number of hydrogen-bond acceptors (Lipinski definition) is 7. The molecule has 2 heterocycles. The van der Waals surface area contributed by atoms with E-state index in [9.17, 15) is 14.7 Å². The van der Waals surface area contributed by atoms with Crippen molar-refractivity contribution in [3.8, 4) is 0 Å². The van der Waals surface area contributed by atoms with Gasteiger partial charge in [-0.1, -0.05) is 61.9 Å². The van der Waals surface area contributed by atoms with Crippen LogP contribution in [-0.2, 0) is 37.0 Å². The van der Waals surface area contributed by atoms with E-state index in [1.807, 2.05) is 48.5 Å². The largest absolute Gasteiger partial charge is 0.392 e. The van der Waals surface area contributed by atoms with Crippen molar-refractivity contribution >= 4 is 11.8 Å². The summed E-state index contributed by atoms with van der Waals surface area (Å²) in [5, 5.41) is 15.2. The van der Waals surface area contributed by atoms with Gasteiger partial charge in [0.15, 0.2) is 6.29 Å². The molecule has 0 saturated carbocycles. The van der Waals surface area contributed by atoms with E-state index >= 15 is 0 Å². The smallest absolute Gasteiger partial charge is 0.220 e. The van der Waals surface area contributed by atoms with E-state index in [2.05, 4.69) is 22.5 Å². The third-order valence-electron chi connectivity index (χ3n) is 7.86. The van der Waals surface area contributed by atoms with Gasteiger partial charge in [-0.3, -0.25) is 14.5 Å². The van der Waals surface area contributed by atoms with Crippen molar-refractivity contribution in [2.75, 3.05) is 39.4 Å². The van der Waals surface area contributed by atoms with E-state index in [-0.39, 0.29) is 36.5 Å². The molecule has 3 N–H and O–H groups in total. The Morgan fingerprint density at radius 1 is 0.902 bits per heavy atom. The van der Waals surface area contributed by atoms with Crippen LogP contribution in [0.2, 0.25) is 0 Å². The fraction of sp³-hybridized carbons (Fsp3) is 0.562. The first-order valence-electron chi connectivity index (χ1n) is 14.8. The number of aliphatic hydroxyl groups excluding tert-OH is 1. The molecule has 0 aliphatic carbocycles. The molecule has 2 amide bonds. The van der Waals surface area contributed by atoms with Crippen molar-refractivity contribution in [2.24, 2.45) is 5.92 Å². The first kappa shape index (κ1) is 31.1. The number of carbonyl (C=O) groups is 2. The molecular formula is C32H45N3O6. The van der Waals surface area contributed by atoms with Crippen LogP contribution in [0.1, 0.15) is 74.2 Å². The van der Waals surface area contributed by atoms with Gasteiger partial charge < -0.3 is 30.0 Å². The van der Waals surface area contributed by atoms with E-state index in [1.165, 1.54) is 6.92 Å². The number of nitrogens with one attached hydrogen (secondary N) is 2. The summed E-state index contributed by atoms with van der Waals surface area (Å²) in [6.45, 7) is 8.90. The van der Waals surface area contributed by atoms with Crippen LogP contribution in [0.25, 0.3) is 0 Å². The Morgan fingerprint density at radius 2 is 1.59 bits per heavy atom. The lowest BCUT2D eigenvalue weighted by atomic mass is 9.90. The molecule has 4 rings (SSSR count). The lowest BCUT2D eigenvalue weighted by Gasteiger charge is -2.43. The van der Waals surface area contributed by atoms with Gasteiger partial charge in [0.05, 0.1) is 32.0 Å². The summed E-state index contributed by atoms with van der Waals surface area (Å²) in [5.74, 6) is 0.141. The standard InChI is InChI=1S/C32H45N3O6/c1-23-29(21-35-16-18-39-19-17-35)40-32(41-31(23)27-11-9-26(22-36)10-12-27)28-13-7-25(8-14-28)20-34-30(38)6-4-3-5-15-33-24(2)37/h7-14,23,29,31-32,36H,3-6,15-22H2,1-2H3,(H,33,37)(H,34,38)/t23-,29+,31+,32+/m1/s1. The predicted molar refractivity (Wildman–Crippen MR) is 156 cm³/mol. The molecular weight excluding hydrogens is 522 g/mol. The third kappa shape index (κ3) is 9.61. The van der Waals surface area contributed by atoms with Crippen LogP contribution in [0, 0.1) is 5.92 Å². The minimum absolute atomic E-state index is 0.0134. The van der Waals surface area contributed by atoms with E-state index in [0.717, 1.165) is 74.4 Å². The summed E-state index contributed by atoms with van der Waals surface area (Å²) < 4.78 is 18.7. The van der Waals surface area contributed by atoms with Crippen molar-refractivity contribution in [1.82, 2.24) is 15.5 Å². The topological polar surface area (TPSA) is 109 Å². The molecule has 2 aromatic rings. The fourth-order valence-corrected chi connectivity index (χ4v) is 5.30. The fourth-order valence-electron chi connectivity index (χ4n) is 5.30. The van der Waals surface area contributed by atoms with Gasteiger partial charge in [-0.15, -0.1) is 0 Å². The predicted octanol–water partition coefficient (Wildman–Crippen LogP) is 3.62. The zero-order chi connectivity index (χ0) is 29.0. The lowest BCUT2D eigenvalue weighted by Crippen LogP contribution is -2.47. The van der Waals surface area contributed by atoms with Crippen molar-refractivity contribution in [3.63, 3.8) is 0 Å². The molecule has 0 radical (unpaired) electrons. The van der Waals surface area contributed by atoms with Crippen LogP contribution < -0.4 is 10.6 Å². The van der Waals surface area contributed by atoms with E-state index in [1.54, 1.807) is 0 Å². The Kier molecular flexibility index (Phi) is 12.1. The summed E-state index contributed by atoms with van der Waals surface area (Å²) in [5.41, 5.74) is 3.90. The SMILES string of the molecule is CC(=O)NCCCCCC(=O)NCc1ccc([C@H]2O[C@@H](CN3CCOCC3)[C@@H](C)[C@@H](c3ccc(CO)cc3)O2)cc1. The highest BCUT2D eigenvalue weighted by Gasteiger charge is 2.39. The Morgan fingerprint density at radius 3 is 2.27 bits per heavy atom. The lowest BCUT2D eigenvalue weighted by molar-refractivity contribution is -0.277. The van der Waals surface area contributed by atoms with Gasteiger partial charge in [-0.05, 0) is 29.5 Å². The van der Waals surface area contributed by atoms with E-state index < -0.39 is 6.29 Å². The van der Waals surface area contributed by atoms with Crippen LogP contribution in [0.15, 0.2) is 48.5 Å². The monoisotopic (exact) mass is 567 g/mol. The molecule has 2 aliphatic heterocycles. The van der Waals surface area contributed by atoms with Crippen molar-refractivity contribution in [1.29, 1.82) is 0 Å². The number of ether oxygens (including phenoxy) is 3. The molecule has 2 fully saturated rings. The zero-order valence-corrected chi connectivity index (χ0v) is 24.3. The van der Waals surface area contributed by atoms with Crippen LogP contribution >= 0.6 is 0 Å². The average molecular weight is 568 g/mol. The molecule has 4 atom stereocenters. The molecule has 224 valence electrons. The first-order chi connectivity index (χ1) is 19.9. The van der Waals surface area contributed by atoms with Crippen LogP contribution in [-0.4, -0.2) is 67.3 Å². The minimum atomic E-state index is -0.513. The van der Waals surface area contributed by atoms with Gasteiger partial charge in [-0.2, -0.15) is 0 Å². The maximum absolute atomic E-state index is 12.3. The molecule has 41 heavy (non-hydrogen) atoms. The highest BCUT2D eigenvalue weighted by atomic mass is 16.7. The number of morpholine rings is 1. The summed E-state index contributed by atoms with van der Waals surface area (Å²) in [7, 11) is 0. The van der Waals surface area contributed by atoms with Gasteiger partial charge in [0.2, 0.25) is 11.8 Å². The summed E-state index contributed by atoms with van der Waals surface area (Å²) in [6, 6.07) is 16.0. The Labute approximate surface area is 243 Å². The molecule has 2 aromatic carbocycles. The average Bonchev–Trinajstić information content (AvgIpc) is 2.99. The molecule has 0 spiro atoms. The second-order valence-electron chi connectivity index (χ2n) is 11.0. The van der Waals surface area contributed by atoms with Gasteiger partial charge >= 0.3 is 0 Å². The minimum Gasteiger partial charge on any atom is -0.392 e. The molecule has 0 unspecified atom stereocenters. The number of nitrogens with zero attached hydrogens (tertiary/aromatic N) is 1. The van der Waals surface area contributed by atoms with Crippen LogP contribution in [0.5, 0.6) is 0 Å². The highest BCUT2D eigenvalue weighted by molar-refractivity contribution is 5.75. The number of benzene rings is 2. The summed E-state index contributed by atoms with van der Waals surface area (Å²) >= 11 is 0. The summed E-state index contributed by atoms with van der Waals surface area (Å²) in [6.07, 6.45) is 2.37. The Hall–Kier alpha value is -2.82. The van der Waals surface area contributed by atoms with Gasteiger partial charge in [0.1, 0.15) is 0 Å². The maximum Gasteiger partial charge on any atom is 0.220 e. The highest BCUT2D eigenvalue weighted by Crippen LogP contribution is 2.41. The quantitative estimate of drug-likeness (QED) is 0.317. The first-order valence-corrected chi connectivity index (χ1v) is 14.8. The van der Waals surface area contributed by atoms with Crippen molar-refractivity contribution in [3.05, 3.63) is 70.8 Å². The third-order valence-corrected chi connectivity index (χ3v) is 7.86. The number of amides is 2. The van der Waals surface area contributed by atoms with Crippen molar-refractivity contribution in [2.45, 2.75) is 71.2 Å². The van der Waals surface area contributed by atoms with Gasteiger partial charge in [-0.25, -0.2) is 0 Å². The number of aliphatic hydroxyl groups is 1. The summed E-state index contributed by atoms with van der Waals surface area (Å²) in [4.78, 5) is 25.6. The molecule has 0 bridgehead atoms. The second-order valence-corrected chi connectivity index (χ2v) is 11.0. The molecule has 2 aliphatic rings. The van der Waals surface area contributed by atoms with E-state index in [4.69, 9.17) is 14.2 Å². The zero-order valence-electron chi connectivity index (χ0n) is 24.3. The Bertz CT molecular complexity index is 1090. The van der Waals surface area contributed by atoms with Gasteiger partial charge in [0.25, 0.3) is 0 Å². The second kappa shape index (κ2) is 16.0. The van der Waals surface area contributed by atoms with E-state index in [0.29, 0.717) is 19.5 Å². The number of carbonyl (C=O) groups excluding carboxylic acids is 2. The van der Waals surface area contributed by atoms with Crippen LogP contribution in [0.4, 0.5) is 0 Å². The molecule has 9 heteroatoms. The number of rotatable bonds is 13. The maximum atomic E-state index is 12.3. The molecule has 9 nitrogen and oxygen atoms in total. The Balaban J connectivity index is 1.34. The number of hydrogen-bond donors (Lipinski definition) is 3. The number of unbranched alkanes of at least 4 members (excludes halogenated alkanes) is 2.